The summed E-state index contributed by atoms with van der Waals surface area (Å²) in [4.78, 5) is 36.5. The fourth-order valence-electron chi connectivity index (χ4n) is 4.58. The molecule has 4 aromatic rings. The number of pyridine rings is 1. The van der Waals surface area contributed by atoms with E-state index in [9.17, 15) is 19.1 Å². The Morgan fingerprint density at radius 1 is 1.18 bits per heavy atom. The maximum absolute atomic E-state index is 14.5. The summed E-state index contributed by atoms with van der Waals surface area (Å²) < 4.78 is 24.9. The Morgan fingerprint density at radius 2 is 1.97 bits per heavy atom. The van der Waals surface area contributed by atoms with Gasteiger partial charge >= 0.3 is 5.69 Å². The molecule has 1 saturated carbocycles. The van der Waals surface area contributed by atoms with Gasteiger partial charge in [-0.3, -0.25) is 13.9 Å². The van der Waals surface area contributed by atoms with E-state index in [1.807, 2.05) is 26.0 Å². The zero-order valence-electron chi connectivity index (χ0n) is 21.9. The van der Waals surface area contributed by atoms with E-state index in [0.717, 1.165) is 17.4 Å². The number of aryl methyl sites for hydroxylation is 1. The second-order valence-electron chi connectivity index (χ2n) is 10.2. The zero-order valence-corrected chi connectivity index (χ0v) is 21.9. The molecule has 1 N–H and O–H groups in total. The van der Waals surface area contributed by atoms with Crippen LogP contribution in [0.25, 0.3) is 22.6 Å². The van der Waals surface area contributed by atoms with Gasteiger partial charge < -0.3 is 14.4 Å². The van der Waals surface area contributed by atoms with Crippen molar-refractivity contribution < 1.29 is 14.2 Å². The number of aromatic nitrogens is 5. The topological polar surface area (TPSA) is 104 Å². The van der Waals surface area contributed by atoms with Crippen molar-refractivity contribution in [2.45, 2.75) is 59.2 Å². The average Bonchev–Trinajstić information content (AvgIpc) is 3.65. The van der Waals surface area contributed by atoms with Crippen molar-refractivity contribution in [1.29, 1.82) is 0 Å². The van der Waals surface area contributed by atoms with Gasteiger partial charge in [0, 0.05) is 25.4 Å². The van der Waals surface area contributed by atoms with Gasteiger partial charge in [0.2, 0.25) is 5.88 Å². The van der Waals surface area contributed by atoms with E-state index in [1.165, 1.54) is 10.6 Å². The Balaban J connectivity index is 1.79. The Morgan fingerprint density at radius 3 is 2.66 bits per heavy atom. The molecule has 1 fully saturated rings. The van der Waals surface area contributed by atoms with E-state index in [1.54, 1.807) is 29.8 Å². The minimum absolute atomic E-state index is 0.0686. The molecule has 10 heteroatoms. The molecule has 0 saturated heterocycles. The molecule has 0 aliphatic heterocycles. The SMILES string of the molecule is Cc1ccc(Cn2c(-c3cccnc3OCC3CC3)nc3c2c(=O)n(CCCO)c(=O)n3C(C)C)cc1F. The van der Waals surface area contributed by atoms with Crippen molar-refractivity contribution in [2.24, 2.45) is 5.92 Å². The van der Waals surface area contributed by atoms with Gasteiger partial charge in [0.25, 0.3) is 5.56 Å². The van der Waals surface area contributed by atoms with Crippen LogP contribution in [0.4, 0.5) is 4.39 Å². The Kier molecular flexibility index (Phi) is 7.16. The molecule has 1 aliphatic carbocycles. The molecule has 0 bridgehead atoms. The summed E-state index contributed by atoms with van der Waals surface area (Å²) in [5, 5.41) is 9.38. The van der Waals surface area contributed by atoms with Crippen molar-refractivity contribution in [2.75, 3.05) is 13.2 Å². The molecule has 0 spiro atoms. The molecule has 1 aromatic carbocycles. The van der Waals surface area contributed by atoms with Crippen LogP contribution in [-0.4, -0.2) is 42.0 Å². The highest BCUT2D eigenvalue weighted by atomic mass is 19.1. The second-order valence-corrected chi connectivity index (χ2v) is 10.2. The van der Waals surface area contributed by atoms with Gasteiger partial charge in [-0.15, -0.1) is 0 Å². The van der Waals surface area contributed by atoms with E-state index in [4.69, 9.17) is 9.72 Å². The van der Waals surface area contributed by atoms with Gasteiger partial charge in [0.1, 0.15) is 11.6 Å². The Labute approximate surface area is 219 Å². The lowest BCUT2D eigenvalue weighted by Crippen LogP contribution is -2.41. The molecular formula is C28H32FN5O4. The Bertz CT molecular complexity index is 1600. The largest absolute Gasteiger partial charge is 0.477 e. The molecule has 0 radical (unpaired) electrons. The van der Waals surface area contributed by atoms with Crippen LogP contribution in [0.15, 0.2) is 46.1 Å². The van der Waals surface area contributed by atoms with Gasteiger partial charge in [0.05, 0.1) is 18.7 Å². The summed E-state index contributed by atoms with van der Waals surface area (Å²) in [6, 6.07) is 8.25. The number of halogens is 1. The number of ether oxygens (including phenoxy) is 1. The van der Waals surface area contributed by atoms with E-state index < -0.39 is 11.2 Å². The molecule has 38 heavy (non-hydrogen) atoms. The highest BCUT2D eigenvalue weighted by molar-refractivity contribution is 5.78. The number of benzene rings is 1. The fraction of sp³-hybridized carbons (Fsp3) is 0.429. The summed E-state index contributed by atoms with van der Waals surface area (Å²) >= 11 is 0. The van der Waals surface area contributed by atoms with Crippen molar-refractivity contribution in [3.8, 4) is 17.3 Å². The van der Waals surface area contributed by atoms with E-state index >= 15 is 0 Å². The average molecular weight is 522 g/mol. The van der Waals surface area contributed by atoms with Crippen LogP contribution < -0.4 is 16.0 Å². The lowest BCUT2D eigenvalue weighted by Gasteiger charge is -2.15. The summed E-state index contributed by atoms with van der Waals surface area (Å²) in [5.74, 6) is 0.961. The normalized spacial score (nSPS) is 13.5. The lowest BCUT2D eigenvalue weighted by molar-refractivity contribution is 0.277. The van der Waals surface area contributed by atoms with Crippen molar-refractivity contribution >= 4 is 11.2 Å². The minimum Gasteiger partial charge on any atom is -0.477 e. The third kappa shape index (κ3) is 4.88. The number of rotatable bonds is 10. The quantitative estimate of drug-likeness (QED) is 0.342. The first kappa shape index (κ1) is 25.8. The molecule has 5 rings (SSSR count). The number of hydrogen-bond donors (Lipinski definition) is 1. The molecule has 0 amide bonds. The summed E-state index contributed by atoms with van der Waals surface area (Å²) in [6.45, 7) is 5.99. The number of nitrogens with zero attached hydrogens (tertiary/aromatic N) is 5. The van der Waals surface area contributed by atoms with Crippen LogP contribution in [-0.2, 0) is 13.1 Å². The molecule has 200 valence electrons. The van der Waals surface area contributed by atoms with E-state index in [-0.39, 0.29) is 49.1 Å². The monoisotopic (exact) mass is 521 g/mol. The molecule has 3 aromatic heterocycles. The summed E-state index contributed by atoms with van der Waals surface area (Å²) in [5.41, 5.74) is 1.22. The highest BCUT2D eigenvalue weighted by Gasteiger charge is 2.27. The highest BCUT2D eigenvalue weighted by Crippen LogP contribution is 2.34. The first-order valence-corrected chi connectivity index (χ1v) is 13.0. The second kappa shape index (κ2) is 10.5. The number of imidazole rings is 1. The van der Waals surface area contributed by atoms with Gasteiger partial charge in [-0.1, -0.05) is 12.1 Å². The summed E-state index contributed by atoms with van der Waals surface area (Å²) in [7, 11) is 0. The maximum Gasteiger partial charge on any atom is 0.332 e. The summed E-state index contributed by atoms with van der Waals surface area (Å²) in [6.07, 6.45) is 4.13. The third-order valence-electron chi connectivity index (χ3n) is 6.86. The fourth-order valence-corrected chi connectivity index (χ4v) is 4.58. The van der Waals surface area contributed by atoms with Crippen LogP contribution in [0, 0.1) is 18.7 Å². The van der Waals surface area contributed by atoms with Crippen LogP contribution in [0.3, 0.4) is 0 Å². The molecule has 0 unspecified atom stereocenters. The van der Waals surface area contributed by atoms with Gasteiger partial charge in [-0.05, 0) is 75.3 Å². The van der Waals surface area contributed by atoms with Gasteiger partial charge in [0.15, 0.2) is 11.2 Å². The smallest absolute Gasteiger partial charge is 0.332 e. The van der Waals surface area contributed by atoms with E-state index in [2.05, 4.69) is 4.98 Å². The molecule has 0 atom stereocenters. The molecule has 9 nitrogen and oxygen atoms in total. The molecule has 3 heterocycles. The first-order valence-electron chi connectivity index (χ1n) is 13.0. The first-order chi connectivity index (χ1) is 18.3. The van der Waals surface area contributed by atoms with Crippen LogP contribution in [0.5, 0.6) is 5.88 Å². The zero-order chi connectivity index (χ0) is 27.0. The van der Waals surface area contributed by atoms with Crippen LogP contribution in [0.1, 0.15) is 50.3 Å². The van der Waals surface area contributed by atoms with Crippen molar-refractivity contribution in [1.82, 2.24) is 23.7 Å². The molecular weight excluding hydrogens is 489 g/mol. The maximum atomic E-state index is 14.5. The number of aliphatic hydroxyl groups is 1. The van der Waals surface area contributed by atoms with Crippen molar-refractivity contribution in [3.05, 3.63) is 74.3 Å². The minimum atomic E-state index is -0.508. The van der Waals surface area contributed by atoms with Crippen molar-refractivity contribution in [3.63, 3.8) is 0 Å². The standard InChI is InChI=1S/C28H32FN5O4/c1-17(2)34-25-23(27(36)32(28(34)37)12-5-13-35)33(15-20-8-7-18(3)22(29)14-20)24(31-25)21-6-4-11-30-26(21)38-16-19-9-10-19/h4,6-8,11,14,17,19,35H,5,9-10,12-13,15-16H2,1-3H3. The predicted molar refractivity (Wildman–Crippen MR) is 142 cm³/mol. The lowest BCUT2D eigenvalue weighted by atomic mass is 10.1. The Hall–Kier alpha value is -3.79. The predicted octanol–water partition coefficient (Wildman–Crippen LogP) is 3.67. The van der Waals surface area contributed by atoms with Gasteiger partial charge in [-0.2, -0.15) is 0 Å². The number of fused-ring (bicyclic) bond motifs is 1. The molecule has 1 aliphatic rings. The van der Waals surface area contributed by atoms with Gasteiger partial charge in [-0.25, -0.2) is 19.2 Å². The number of aliphatic hydroxyl groups excluding tert-OH is 1. The number of hydrogen-bond acceptors (Lipinski definition) is 6. The van der Waals surface area contributed by atoms with Crippen LogP contribution >= 0.6 is 0 Å². The van der Waals surface area contributed by atoms with E-state index in [0.29, 0.717) is 40.9 Å². The third-order valence-corrected chi connectivity index (χ3v) is 6.86. The van der Waals surface area contributed by atoms with Crippen LogP contribution in [0.2, 0.25) is 0 Å².